The third-order valence-corrected chi connectivity index (χ3v) is 6.93. The van der Waals surface area contributed by atoms with E-state index < -0.39 is 12.7 Å². The SMILES string of the molecule is CCO[P@](=O)(c1ccccc1)[C@](O)(CC(C)=O)c1ccc(OC)cc1. The maximum Gasteiger partial charge on any atom is 0.267 e. The van der Waals surface area contributed by atoms with E-state index in [2.05, 4.69) is 0 Å². The van der Waals surface area contributed by atoms with Crippen LogP contribution in [0.25, 0.3) is 0 Å². The highest BCUT2D eigenvalue weighted by Gasteiger charge is 2.51. The molecule has 0 aliphatic heterocycles. The minimum atomic E-state index is -3.80. The smallest absolute Gasteiger partial charge is 0.267 e. The van der Waals surface area contributed by atoms with E-state index in [1.165, 1.54) is 14.0 Å². The van der Waals surface area contributed by atoms with E-state index >= 15 is 0 Å². The Balaban J connectivity index is 2.66. The van der Waals surface area contributed by atoms with Gasteiger partial charge in [-0.15, -0.1) is 0 Å². The van der Waals surface area contributed by atoms with E-state index in [-0.39, 0.29) is 18.8 Å². The van der Waals surface area contributed by atoms with Crippen molar-refractivity contribution >= 4 is 18.5 Å². The lowest BCUT2D eigenvalue weighted by Crippen LogP contribution is -2.34. The Morgan fingerprint density at radius 1 is 1.12 bits per heavy atom. The predicted octanol–water partition coefficient (Wildman–Crippen LogP) is 3.46. The molecule has 1 N–H and O–H groups in total. The summed E-state index contributed by atoms with van der Waals surface area (Å²) in [5, 5.41) is 9.89. The van der Waals surface area contributed by atoms with Crippen molar-refractivity contribution in [3.05, 3.63) is 60.2 Å². The monoisotopic (exact) mass is 362 g/mol. The largest absolute Gasteiger partial charge is 0.497 e. The average molecular weight is 362 g/mol. The van der Waals surface area contributed by atoms with Crippen molar-refractivity contribution in [3.63, 3.8) is 0 Å². The number of Topliss-reactive ketones (excluding diaryl/α,β-unsaturated/α-hetero) is 1. The quantitative estimate of drug-likeness (QED) is 0.728. The van der Waals surface area contributed by atoms with E-state index in [0.717, 1.165) is 0 Å². The summed E-state index contributed by atoms with van der Waals surface area (Å²) in [6, 6.07) is 15.1. The highest BCUT2D eigenvalue weighted by molar-refractivity contribution is 7.67. The molecule has 0 bridgehead atoms. The van der Waals surface area contributed by atoms with E-state index in [0.29, 0.717) is 16.6 Å². The van der Waals surface area contributed by atoms with Crippen LogP contribution in [0.5, 0.6) is 5.75 Å². The van der Waals surface area contributed by atoms with Crippen molar-refractivity contribution in [3.8, 4) is 5.75 Å². The van der Waals surface area contributed by atoms with Gasteiger partial charge in [0.25, 0.3) is 7.37 Å². The minimum absolute atomic E-state index is 0.141. The molecule has 0 saturated heterocycles. The first-order valence-corrected chi connectivity index (χ1v) is 9.66. The molecule has 0 unspecified atom stereocenters. The van der Waals surface area contributed by atoms with Gasteiger partial charge in [0.1, 0.15) is 11.5 Å². The van der Waals surface area contributed by atoms with Gasteiger partial charge in [0.15, 0.2) is 5.34 Å². The number of hydrogen-bond acceptors (Lipinski definition) is 5. The van der Waals surface area contributed by atoms with Crippen molar-refractivity contribution in [2.75, 3.05) is 13.7 Å². The first-order valence-electron chi connectivity index (χ1n) is 8.04. The molecule has 25 heavy (non-hydrogen) atoms. The van der Waals surface area contributed by atoms with E-state index in [1.54, 1.807) is 61.5 Å². The molecule has 2 atom stereocenters. The normalized spacial score (nSPS) is 15.8. The molecule has 0 aromatic heterocycles. The second-order valence-electron chi connectivity index (χ2n) is 5.73. The van der Waals surface area contributed by atoms with Crippen molar-refractivity contribution in [1.82, 2.24) is 0 Å². The first-order chi connectivity index (χ1) is 11.9. The highest BCUT2D eigenvalue weighted by Crippen LogP contribution is 2.63. The topological polar surface area (TPSA) is 72.8 Å². The van der Waals surface area contributed by atoms with Gasteiger partial charge in [-0.2, -0.15) is 0 Å². The van der Waals surface area contributed by atoms with Crippen LogP contribution in [0.2, 0.25) is 0 Å². The molecule has 0 saturated carbocycles. The van der Waals surface area contributed by atoms with E-state index in [9.17, 15) is 14.5 Å². The lowest BCUT2D eigenvalue weighted by Gasteiger charge is -2.35. The number of methoxy groups -OCH3 is 1. The summed E-state index contributed by atoms with van der Waals surface area (Å²) in [7, 11) is -2.27. The number of hydrogen-bond donors (Lipinski definition) is 1. The van der Waals surface area contributed by atoms with Crippen molar-refractivity contribution in [2.45, 2.75) is 25.6 Å². The summed E-state index contributed by atoms with van der Waals surface area (Å²) >= 11 is 0. The zero-order chi connectivity index (χ0) is 18.5. The van der Waals surface area contributed by atoms with Gasteiger partial charge in [-0.05, 0) is 43.7 Å². The van der Waals surface area contributed by atoms with Crippen LogP contribution in [0.1, 0.15) is 25.8 Å². The zero-order valence-electron chi connectivity index (χ0n) is 14.6. The lowest BCUT2D eigenvalue weighted by atomic mass is 10.0. The average Bonchev–Trinajstić information content (AvgIpc) is 2.62. The molecule has 0 amide bonds. The van der Waals surface area contributed by atoms with Crippen LogP contribution in [0.3, 0.4) is 0 Å². The molecule has 6 heteroatoms. The molecule has 5 nitrogen and oxygen atoms in total. The predicted molar refractivity (Wildman–Crippen MR) is 97.5 cm³/mol. The van der Waals surface area contributed by atoms with Crippen LogP contribution in [-0.4, -0.2) is 24.6 Å². The molecule has 0 heterocycles. The number of ketones is 1. The van der Waals surface area contributed by atoms with Gasteiger partial charge in [0.05, 0.1) is 13.7 Å². The number of carbonyl (C=O) groups excluding carboxylic acids is 1. The summed E-state index contributed by atoms with van der Waals surface area (Å²) in [5.74, 6) is 0.314. The maximum atomic E-state index is 13.9. The van der Waals surface area contributed by atoms with Crippen LogP contribution < -0.4 is 10.0 Å². The number of rotatable bonds is 8. The molecule has 0 spiro atoms. The lowest BCUT2D eigenvalue weighted by molar-refractivity contribution is -0.120. The van der Waals surface area contributed by atoms with Gasteiger partial charge >= 0.3 is 0 Å². The first kappa shape index (κ1) is 19.4. The minimum Gasteiger partial charge on any atom is -0.497 e. The van der Waals surface area contributed by atoms with Crippen LogP contribution in [-0.2, 0) is 19.2 Å². The molecule has 0 radical (unpaired) electrons. The highest BCUT2D eigenvalue weighted by atomic mass is 31.2. The fourth-order valence-electron chi connectivity index (χ4n) is 2.78. The Labute approximate surface area is 148 Å². The Hall–Kier alpha value is -1.94. The number of carbonyl (C=O) groups is 1. The molecule has 2 aromatic carbocycles. The fourth-order valence-corrected chi connectivity index (χ4v) is 5.42. The summed E-state index contributed by atoms with van der Waals surface area (Å²) in [6.45, 7) is 3.20. The van der Waals surface area contributed by atoms with Gasteiger partial charge in [-0.3, -0.25) is 9.36 Å². The van der Waals surface area contributed by atoms with Crippen molar-refractivity contribution < 1.29 is 23.7 Å². The molecule has 0 aliphatic rings. The summed E-state index contributed by atoms with van der Waals surface area (Å²) in [4.78, 5) is 11.9. The van der Waals surface area contributed by atoms with Gasteiger partial charge in [-0.1, -0.05) is 30.3 Å². The number of aliphatic hydroxyl groups is 1. The maximum absolute atomic E-state index is 13.9. The summed E-state index contributed by atoms with van der Waals surface area (Å²) in [6.07, 6.45) is -0.314. The number of benzene rings is 2. The van der Waals surface area contributed by atoms with Crippen molar-refractivity contribution in [1.29, 1.82) is 0 Å². The third kappa shape index (κ3) is 3.84. The summed E-state index contributed by atoms with van der Waals surface area (Å²) in [5.41, 5.74) is 0.351. The Bertz CT molecular complexity index is 757. The fraction of sp³-hybridized carbons (Fsp3) is 0.316. The molecule has 134 valence electrons. The van der Waals surface area contributed by atoms with Crippen LogP contribution >= 0.6 is 7.37 Å². The Morgan fingerprint density at radius 2 is 1.72 bits per heavy atom. The Kier molecular flexibility index (Phi) is 6.17. The van der Waals surface area contributed by atoms with Gasteiger partial charge < -0.3 is 14.4 Å². The molecule has 2 rings (SSSR count). The van der Waals surface area contributed by atoms with Gasteiger partial charge in [0, 0.05) is 11.7 Å². The summed E-state index contributed by atoms with van der Waals surface area (Å²) < 4.78 is 24.6. The molecule has 0 aliphatic carbocycles. The van der Waals surface area contributed by atoms with Crippen LogP contribution in [0.15, 0.2) is 54.6 Å². The van der Waals surface area contributed by atoms with Gasteiger partial charge in [-0.25, -0.2) is 0 Å². The van der Waals surface area contributed by atoms with Gasteiger partial charge in [0.2, 0.25) is 0 Å². The van der Waals surface area contributed by atoms with Crippen molar-refractivity contribution in [2.24, 2.45) is 0 Å². The van der Waals surface area contributed by atoms with E-state index in [1.807, 2.05) is 0 Å². The zero-order valence-corrected chi connectivity index (χ0v) is 15.5. The number of ether oxygens (including phenoxy) is 1. The molecular formula is C19H23O5P. The van der Waals surface area contributed by atoms with Crippen LogP contribution in [0.4, 0.5) is 0 Å². The molecule has 0 fully saturated rings. The van der Waals surface area contributed by atoms with E-state index in [4.69, 9.17) is 9.26 Å². The standard InChI is InChI=1S/C19H23O5P/c1-4-24-25(22,18-8-6-5-7-9-18)19(21,14-15(2)20)16-10-12-17(23-3)13-11-16/h5-13,21H,4,14H2,1-3H3/t19-,25-/m1/s1. The Morgan fingerprint density at radius 3 is 2.20 bits per heavy atom. The second-order valence-corrected chi connectivity index (χ2v) is 8.35. The second kappa shape index (κ2) is 7.96. The van der Waals surface area contributed by atoms with Crippen LogP contribution in [0, 0.1) is 0 Å². The molecule has 2 aromatic rings. The molecular weight excluding hydrogens is 339 g/mol. The third-order valence-electron chi connectivity index (χ3n) is 3.94.